The smallest absolute Gasteiger partial charge is 0.231 e. The average Bonchev–Trinajstić information content (AvgIpc) is 3.36. The van der Waals surface area contributed by atoms with Gasteiger partial charge in [0.25, 0.3) is 0 Å². The zero-order valence-corrected chi connectivity index (χ0v) is 17.9. The van der Waals surface area contributed by atoms with Crippen molar-refractivity contribution in [2.45, 2.75) is 13.1 Å². The highest BCUT2D eigenvalue weighted by atomic mass is 35.5. The number of ether oxygens (including phenoxy) is 2. The molecule has 2 aromatic heterocycles. The van der Waals surface area contributed by atoms with Crippen molar-refractivity contribution in [3.63, 3.8) is 0 Å². The molecule has 0 bridgehead atoms. The summed E-state index contributed by atoms with van der Waals surface area (Å²) in [5.41, 5.74) is 2.78. The second kappa shape index (κ2) is 9.65. The van der Waals surface area contributed by atoms with Crippen molar-refractivity contribution in [2.24, 2.45) is 0 Å². The van der Waals surface area contributed by atoms with Crippen LogP contribution in [0.2, 0.25) is 0 Å². The molecule has 1 fully saturated rings. The first-order valence-corrected chi connectivity index (χ1v) is 9.44. The molecule has 9 nitrogen and oxygen atoms in total. The Balaban J connectivity index is 0.00000128. The van der Waals surface area contributed by atoms with E-state index >= 15 is 0 Å². The third-order valence-electron chi connectivity index (χ3n) is 5.24. The number of halogens is 2. The molecule has 30 heavy (non-hydrogen) atoms. The fourth-order valence-corrected chi connectivity index (χ4v) is 3.79. The van der Waals surface area contributed by atoms with Gasteiger partial charge >= 0.3 is 0 Å². The second-order valence-electron chi connectivity index (χ2n) is 6.98. The number of fused-ring (bicyclic) bond motifs is 2. The van der Waals surface area contributed by atoms with Gasteiger partial charge in [-0.1, -0.05) is 6.07 Å². The van der Waals surface area contributed by atoms with E-state index in [0.29, 0.717) is 13.3 Å². The first kappa shape index (κ1) is 22.4. The van der Waals surface area contributed by atoms with Crippen LogP contribution in [0.15, 0.2) is 30.9 Å². The van der Waals surface area contributed by atoms with Crippen LogP contribution in [-0.4, -0.2) is 69.1 Å². The molecular formula is C19H24Cl2N6O3. The average molecular weight is 455 g/mol. The van der Waals surface area contributed by atoms with Gasteiger partial charge in [-0.3, -0.25) is 4.90 Å². The van der Waals surface area contributed by atoms with E-state index in [1.54, 1.807) is 12.7 Å². The van der Waals surface area contributed by atoms with Crippen molar-refractivity contribution >= 4 is 41.8 Å². The molecule has 2 aliphatic rings. The lowest BCUT2D eigenvalue weighted by atomic mass is 10.1. The molecule has 0 spiro atoms. The Morgan fingerprint density at radius 3 is 2.57 bits per heavy atom. The summed E-state index contributed by atoms with van der Waals surface area (Å²) in [6, 6.07) is 6.15. The third kappa shape index (κ3) is 4.24. The third-order valence-corrected chi connectivity index (χ3v) is 5.24. The quantitative estimate of drug-likeness (QED) is 0.622. The van der Waals surface area contributed by atoms with Crippen LogP contribution in [0.1, 0.15) is 5.56 Å². The molecule has 1 aromatic carbocycles. The minimum atomic E-state index is 0. The summed E-state index contributed by atoms with van der Waals surface area (Å²) in [6.45, 7) is 5.37. The molecule has 0 amide bonds. The van der Waals surface area contributed by atoms with Gasteiger partial charge in [0.15, 0.2) is 28.5 Å². The lowest BCUT2D eigenvalue weighted by Gasteiger charge is -2.35. The summed E-state index contributed by atoms with van der Waals surface area (Å²) < 4.78 is 12.7. The lowest BCUT2D eigenvalue weighted by Crippen LogP contribution is -2.46. The minimum Gasteiger partial charge on any atom is -0.454 e. The Morgan fingerprint density at radius 2 is 1.77 bits per heavy atom. The number of anilines is 1. The summed E-state index contributed by atoms with van der Waals surface area (Å²) in [6.07, 6.45) is 3.29. The van der Waals surface area contributed by atoms with E-state index in [-0.39, 0.29) is 31.4 Å². The Kier molecular flexibility index (Phi) is 7.19. The SMILES string of the molecule is Cl.Cl.OCCn1cnc2c(N3CCN(Cc4ccc5c(c4)OCO5)CC3)ncnc21. The van der Waals surface area contributed by atoms with Crippen LogP contribution in [0.5, 0.6) is 11.5 Å². The van der Waals surface area contributed by atoms with E-state index in [1.807, 2.05) is 10.6 Å². The number of hydrogen-bond acceptors (Lipinski definition) is 8. The Bertz CT molecular complexity index is 994. The van der Waals surface area contributed by atoms with E-state index in [1.165, 1.54) is 5.56 Å². The summed E-state index contributed by atoms with van der Waals surface area (Å²) >= 11 is 0. The summed E-state index contributed by atoms with van der Waals surface area (Å²) in [5.74, 6) is 2.52. The fraction of sp³-hybridized carbons (Fsp3) is 0.421. The van der Waals surface area contributed by atoms with Crippen LogP contribution in [0.3, 0.4) is 0 Å². The molecule has 162 valence electrons. The number of rotatable bonds is 5. The lowest BCUT2D eigenvalue weighted by molar-refractivity contribution is 0.174. The van der Waals surface area contributed by atoms with Gasteiger partial charge in [-0.2, -0.15) is 0 Å². The first-order chi connectivity index (χ1) is 13.8. The number of hydrogen-bond donors (Lipinski definition) is 1. The maximum atomic E-state index is 9.19. The molecule has 1 saturated heterocycles. The molecule has 1 N–H and O–H groups in total. The number of aliphatic hydroxyl groups is 1. The number of aliphatic hydroxyl groups excluding tert-OH is 1. The molecule has 0 unspecified atom stereocenters. The number of benzene rings is 1. The minimum absolute atomic E-state index is 0. The Hall–Kier alpha value is -2.33. The van der Waals surface area contributed by atoms with Crippen molar-refractivity contribution in [3.8, 4) is 11.5 Å². The van der Waals surface area contributed by atoms with Crippen LogP contribution >= 0.6 is 24.8 Å². The first-order valence-electron chi connectivity index (χ1n) is 9.44. The van der Waals surface area contributed by atoms with Gasteiger partial charge in [0.2, 0.25) is 6.79 Å². The molecule has 4 heterocycles. The molecule has 3 aromatic rings. The number of piperazine rings is 1. The Labute approximate surface area is 186 Å². The maximum absolute atomic E-state index is 9.19. The van der Waals surface area contributed by atoms with Crippen molar-refractivity contribution < 1.29 is 14.6 Å². The van der Waals surface area contributed by atoms with E-state index in [9.17, 15) is 5.11 Å². The highest BCUT2D eigenvalue weighted by molar-refractivity contribution is 5.85. The van der Waals surface area contributed by atoms with Gasteiger partial charge in [0.1, 0.15) is 6.33 Å². The topological polar surface area (TPSA) is 88.8 Å². The van der Waals surface area contributed by atoms with E-state index in [2.05, 4.69) is 36.9 Å². The predicted molar refractivity (Wildman–Crippen MR) is 117 cm³/mol. The molecule has 11 heteroatoms. The maximum Gasteiger partial charge on any atom is 0.231 e. The van der Waals surface area contributed by atoms with Crippen LogP contribution in [0, 0.1) is 0 Å². The van der Waals surface area contributed by atoms with Gasteiger partial charge in [-0.25, -0.2) is 15.0 Å². The fourth-order valence-electron chi connectivity index (χ4n) is 3.79. The van der Waals surface area contributed by atoms with E-state index in [0.717, 1.165) is 61.2 Å². The molecule has 0 atom stereocenters. The summed E-state index contributed by atoms with van der Waals surface area (Å²) in [4.78, 5) is 18.0. The molecule has 0 radical (unpaired) electrons. The molecule has 5 rings (SSSR count). The van der Waals surface area contributed by atoms with Gasteiger partial charge in [-0.15, -0.1) is 24.8 Å². The van der Waals surface area contributed by atoms with Crippen molar-refractivity contribution in [2.75, 3.05) is 44.5 Å². The van der Waals surface area contributed by atoms with Gasteiger partial charge < -0.3 is 24.0 Å². The van der Waals surface area contributed by atoms with Gasteiger partial charge in [0, 0.05) is 39.3 Å². The largest absolute Gasteiger partial charge is 0.454 e. The predicted octanol–water partition coefficient (Wildman–Crippen LogP) is 1.71. The summed E-state index contributed by atoms with van der Waals surface area (Å²) in [5, 5.41) is 9.19. The van der Waals surface area contributed by atoms with Crippen molar-refractivity contribution in [1.29, 1.82) is 0 Å². The van der Waals surface area contributed by atoms with Gasteiger partial charge in [-0.05, 0) is 17.7 Å². The highest BCUT2D eigenvalue weighted by Gasteiger charge is 2.22. The van der Waals surface area contributed by atoms with E-state index in [4.69, 9.17) is 9.47 Å². The monoisotopic (exact) mass is 454 g/mol. The van der Waals surface area contributed by atoms with Crippen LogP contribution in [0.25, 0.3) is 11.2 Å². The molecule has 0 saturated carbocycles. The van der Waals surface area contributed by atoms with Crippen LogP contribution in [0.4, 0.5) is 5.82 Å². The standard InChI is InChI=1S/C19H22N6O3.2ClH/c26-8-7-25-12-22-17-18(20-11-21-19(17)25)24-5-3-23(4-6-24)10-14-1-2-15-16(9-14)28-13-27-15;;/h1-2,9,11-12,26H,3-8,10,13H2;2*1H. The zero-order valence-electron chi connectivity index (χ0n) is 16.3. The second-order valence-corrected chi connectivity index (χ2v) is 6.98. The van der Waals surface area contributed by atoms with Crippen molar-refractivity contribution in [1.82, 2.24) is 24.4 Å². The van der Waals surface area contributed by atoms with Gasteiger partial charge in [0.05, 0.1) is 12.9 Å². The number of aromatic nitrogens is 4. The number of imidazole rings is 1. The summed E-state index contributed by atoms with van der Waals surface area (Å²) in [7, 11) is 0. The van der Waals surface area contributed by atoms with Crippen LogP contribution in [-0.2, 0) is 13.1 Å². The van der Waals surface area contributed by atoms with Crippen LogP contribution < -0.4 is 14.4 Å². The van der Waals surface area contributed by atoms with E-state index < -0.39 is 0 Å². The highest BCUT2D eigenvalue weighted by Crippen LogP contribution is 2.33. The number of nitrogens with zero attached hydrogens (tertiary/aromatic N) is 6. The van der Waals surface area contributed by atoms with Crippen molar-refractivity contribution in [3.05, 3.63) is 36.4 Å². The molecule has 0 aliphatic carbocycles. The molecular weight excluding hydrogens is 431 g/mol. The zero-order chi connectivity index (χ0) is 18.9. The Morgan fingerprint density at radius 1 is 0.967 bits per heavy atom. The molecule has 2 aliphatic heterocycles. The normalized spacial score (nSPS) is 15.7.